The molecule has 1 aromatic rings. The van der Waals surface area contributed by atoms with Crippen LogP contribution in [0.4, 0.5) is 0 Å². The zero-order valence-corrected chi connectivity index (χ0v) is 15.0. The number of allylic oxidation sites excluding steroid dienone is 1. The zero-order valence-electron chi connectivity index (χ0n) is 15.0. The molecule has 136 valence electrons. The Bertz CT molecular complexity index is 584. The van der Waals surface area contributed by atoms with E-state index >= 15 is 0 Å². The van der Waals surface area contributed by atoms with Crippen molar-refractivity contribution in [2.75, 3.05) is 6.61 Å². The molecular formula is C20H28N2O3. The van der Waals surface area contributed by atoms with Gasteiger partial charge < -0.3 is 10.1 Å². The van der Waals surface area contributed by atoms with E-state index in [2.05, 4.69) is 23.5 Å². The van der Waals surface area contributed by atoms with Crippen molar-refractivity contribution in [1.29, 1.82) is 0 Å². The number of carbonyl (C=O) groups excluding carboxylic acids is 2. The summed E-state index contributed by atoms with van der Waals surface area (Å²) in [5, 5.41) is 2.73. The first-order valence-electron chi connectivity index (χ1n) is 8.77. The highest BCUT2D eigenvalue weighted by molar-refractivity contribution is 5.97. The predicted octanol–water partition coefficient (Wildman–Crippen LogP) is 3.61. The van der Waals surface area contributed by atoms with Gasteiger partial charge in [0.05, 0.1) is 17.9 Å². The van der Waals surface area contributed by atoms with Crippen molar-refractivity contribution in [3.8, 4) is 0 Å². The summed E-state index contributed by atoms with van der Waals surface area (Å²) in [7, 11) is 0. The number of hydrogen-bond donors (Lipinski definition) is 1. The van der Waals surface area contributed by atoms with Crippen molar-refractivity contribution in [3.63, 3.8) is 0 Å². The van der Waals surface area contributed by atoms with Crippen LogP contribution in [0, 0.1) is 0 Å². The smallest absolute Gasteiger partial charge is 0.328 e. The summed E-state index contributed by atoms with van der Waals surface area (Å²) in [6.07, 6.45) is 10.3. The van der Waals surface area contributed by atoms with Crippen molar-refractivity contribution in [2.45, 2.75) is 51.5 Å². The number of nitrogens with one attached hydrogen (secondary N) is 1. The summed E-state index contributed by atoms with van der Waals surface area (Å²) >= 11 is 0. The summed E-state index contributed by atoms with van der Waals surface area (Å²) in [6.45, 7) is 9.34. The van der Waals surface area contributed by atoms with Crippen LogP contribution in [0.5, 0.6) is 0 Å². The Balaban J connectivity index is 2.74. The van der Waals surface area contributed by atoms with Crippen LogP contribution in [0.2, 0.25) is 0 Å². The van der Waals surface area contributed by atoms with Gasteiger partial charge in [0.2, 0.25) is 0 Å². The molecule has 0 bridgehead atoms. The van der Waals surface area contributed by atoms with E-state index < -0.39 is 12.0 Å². The maximum Gasteiger partial charge on any atom is 0.328 e. The minimum absolute atomic E-state index is 0.269. The number of aryl methyl sites for hydroxylation is 1. The van der Waals surface area contributed by atoms with Crippen LogP contribution in [-0.2, 0) is 16.0 Å². The Hall–Kier alpha value is -2.43. The van der Waals surface area contributed by atoms with Crippen LogP contribution in [0.3, 0.4) is 0 Å². The van der Waals surface area contributed by atoms with E-state index in [0.29, 0.717) is 12.0 Å². The number of unbranched alkanes of at least 4 members (excludes halogenated alkanes) is 3. The van der Waals surface area contributed by atoms with Crippen LogP contribution in [0.25, 0.3) is 0 Å². The minimum Gasteiger partial charge on any atom is -0.464 e. The number of carbonyl (C=O) groups is 2. The van der Waals surface area contributed by atoms with Crippen LogP contribution in [0.1, 0.15) is 55.1 Å². The third-order valence-corrected chi connectivity index (χ3v) is 3.74. The van der Waals surface area contributed by atoms with E-state index in [-0.39, 0.29) is 12.5 Å². The first kappa shape index (κ1) is 20.6. The lowest BCUT2D eigenvalue weighted by Gasteiger charge is -2.16. The second-order valence-corrected chi connectivity index (χ2v) is 5.69. The van der Waals surface area contributed by atoms with Gasteiger partial charge in [-0.2, -0.15) is 0 Å². The molecule has 0 aliphatic rings. The van der Waals surface area contributed by atoms with E-state index in [1.807, 2.05) is 6.08 Å². The fraction of sp³-hybridized carbons (Fsp3) is 0.450. The average Bonchev–Trinajstić information content (AvgIpc) is 2.61. The largest absolute Gasteiger partial charge is 0.464 e. The molecule has 0 aromatic carbocycles. The van der Waals surface area contributed by atoms with Crippen LogP contribution in [-0.4, -0.2) is 29.5 Å². The monoisotopic (exact) mass is 344 g/mol. The highest BCUT2D eigenvalue weighted by Gasteiger charge is 2.22. The Kier molecular flexibility index (Phi) is 9.90. The number of esters is 1. The summed E-state index contributed by atoms with van der Waals surface area (Å²) in [5.41, 5.74) is 1.25. The van der Waals surface area contributed by atoms with Gasteiger partial charge in [-0.05, 0) is 51.2 Å². The fourth-order valence-electron chi connectivity index (χ4n) is 2.46. The van der Waals surface area contributed by atoms with Crippen molar-refractivity contribution in [3.05, 3.63) is 54.9 Å². The van der Waals surface area contributed by atoms with E-state index in [0.717, 1.165) is 37.8 Å². The molecule has 0 radical (unpaired) electrons. The Morgan fingerprint density at radius 1 is 1.28 bits per heavy atom. The lowest BCUT2D eigenvalue weighted by molar-refractivity contribution is -0.145. The summed E-state index contributed by atoms with van der Waals surface area (Å²) in [4.78, 5) is 28.9. The molecular weight excluding hydrogens is 316 g/mol. The van der Waals surface area contributed by atoms with Crippen LogP contribution < -0.4 is 5.32 Å². The van der Waals surface area contributed by atoms with Crippen LogP contribution in [0.15, 0.2) is 43.6 Å². The molecule has 0 unspecified atom stereocenters. The highest BCUT2D eigenvalue weighted by atomic mass is 16.5. The van der Waals surface area contributed by atoms with Crippen molar-refractivity contribution in [1.82, 2.24) is 10.3 Å². The van der Waals surface area contributed by atoms with E-state index in [4.69, 9.17) is 4.74 Å². The molecule has 0 aliphatic carbocycles. The second-order valence-electron chi connectivity index (χ2n) is 5.69. The van der Waals surface area contributed by atoms with Gasteiger partial charge in [0.25, 0.3) is 5.91 Å². The molecule has 5 nitrogen and oxygen atoms in total. The van der Waals surface area contributed by atoms with Gasteiger partial charge in [-0.3, -0.25) is 9.78 Å². The molecule has 0 spiro atoms. The maximum absolute atomic E-state index is 12.6. The third-order valence-electron chi connectivity index (χ3n) is 3.74. The molecule has 0 saturated heterocycles. The number of ether oxygens (including phenoxy) is 1. The molecule has 1 atom stereocenters. The summed E-state index contributed by atoms with van der Waals surface area (Å²) < 4.78 is 5.00. The number of rotatable bonds is 12. The molecule has 1 N–H and O–H groups in total. The molecule has 0 aliphatic heterocycles. The Morgan fingerprint density at radius 2 is 2.08 bits per heavy atom. The Morgan fingerprint density at radius 3 is 2.76 bits per heavy atom. The fourth-order valence-corrected chi connectivity index (χ4v) is 2.46. The number of hydrogen-bond acceptors (Lipinski definition) is 4. The molecule has 0 saturated carbocycles. The highest BCUT2D eigenvalue weighted by Crippen LogP contribution is 2.12. The lowest BCUT2D eigenvalue weighted by atomic mass is 10.0. The number of amides is 1. The van der Waals surface area contributed by atoms with E-state index in [1.54, 1.807) is 31.3 Å². The lowest BCUT2D eigenvalue weighted by Crippen LogP contribution is -2.42. The second kappa shape index (κ2) is 12.0. The number of nitrogens with zero attached hydrogens (tertiary/aromatic N) is 1. The van der Waals surface area contributed by atoms with E-state index in [9.17, 15) is 9.59 Å². The topological polar surface area (TPSA) is 68.3 Å². The molecule has 1 heterocycles. The summed E-state index contributed by atoms with van der Waals surface area (Å²) in [5.74, 6) is -0.764. The molecule has 0 fully saturated rings. The van der Waals surface area contributed by atoms with Gasteiger partial charge in [-0.1, -0.05) is 18.6 Å². The van der Waals surface area contributed by atoms with E-state index in [1.165, 1.54) is 0 Å². The number of pyridine rings is 1. The normalized spacial score (nSPS) is 11.4. The zero-order chi connectivity index (χ0) is 18.5. The summed E-state index contributed by atoms with van der Waals surface area (Å²) in [6, 6.07) is 2.73. The van der Waals surface area contributed by atoms with Gasteiger partial charge in [0.15, 0.2) is 0 Å². The Labute approximate surface area is 150 Å². The number of aromatic nitrogens is 1. The third kappa shape index (κ3) is 7.33. The first-order chi connectivity index (χ1) is 12.1. The van der Waals surface area contributed by atoms with Gasteiger partial charge >= 0.3 is 5.97 Å². The van der Waals surface area contributed by atoms with Crippen LogP contribution >= 0.6 is 0 Å². The SMILES string of the molecule is C=CCCCCCc1ncccc1C(=O)N[C@@H](CC=C)C(=O)OCC. The maximum atomic E-state index is 12.6. The van der Waals surface area contributed by atoms with Gasteiger partial charge in [-0.25, -0.2) is 4.79 Å². The first-order valence-corrected chi connectivity index (χ1v) is 8.77. The standard InChI is InChI=1S/C20H28N2O3/c1-4-7-8-9-10-14-17-16(13-11-15-21-17)19(23)22-18(12-5-2)20(24)25-6-3/h4-5,11,13,15,18H,1-2,6-10,12,14H2,3H3,(H,22,23)/t18-/m0/s1. The van der Waals surface area contributed by atoms with Crippen molar-refractivity contribution < 1.29 is 14.3 Å². The average molecular weight is 344 g/mol. The quantitative estimate of drug-likeness (QED) is 0.357. The van der Waals surface area contributed by atoms with Gasteiger partial charge in [0, 0.05) is 6.20 Å². The molecule has 25 heavy (non-hydrogen) atoms. The molecule has 1 rings (SSSR count). The van der Waals surface area contributed by atoms with Crippen molar-refractivity contribution >= 4 is 11.9 Å². The van der Waals surface area contributed by atoms with Gasteiger partial charge in [-0.15, -0.1) is 13.2 Å². The molecule has 1 aromatic heterocycles. The van der Waals surface area contributed by atoms with Gasteiger partial charge in [0.1, 0.15) is 6.04 Å². The minimum atomic E-state index is -0.731. The molecule has 1 amide bonds. The molecule has 5 heteroatoms. The van der Waals surface area contributed by atoms with Crippen molar-refractivity contribution in [2.24, 2.45) is 0 Å². The predicted molar refractivity (Wildman–Crippen MR) is 99.3 cm³/mol.